The van der Waals surface area contributed by atoms with Crippen molar-refractivity contribution in [3.63, 3.8) is 0 Å². The van der Waals surface area contributed by atoms with Crippen LogP contribution in [0.1, 0.15) is 17.3 Å². The number of rotatable bonds is 3. The molecule has 2 aromatic rings. The molecule has 0 unspecified atom stereocenters. The maximum Gasteiger partial charge on any atom is 0.339 e. The lowest BCUT2D eigenvalue weighted by Crippen LogP contribution is -2.06. The van der Waals surface area contributed by atoms with Crippen LogP contribution in [-0.4, -0.2) is 30.6 Å². The van der Waals surface area contributed by atoms with Crippen LogP contribution in [0.5, 0.6) is 0 Å². The maximum atomic E-state index is 11.0. The normalized spacial score (nSPS) is 10.6. The van der Waals surface area contributed by atoms with Gasteiger partial charge in [-0.3, -0.25) is 9.36 Å². The fraction of sp³-hybridized carbons (Fsp3) is 0.300. The van der Waals surface area contributed by atoms with E-state index in [0.29, 0.717) is 12.2 Å². The number of carboxylic acid groups (broad SMARTS) is 1. The molecule has 2 aromatic heterocycles. The van der Waals surface area contributed by atoms with Gasteiger partial charge in [0.25, 0.3) is 0 Å². The molecule has 6 nitrogen and oxygen atoms in total. The van der Waals surface area contributed by atoms with E-state index in [1.54, 1.807) is 28.7 Å². The van der Waals surface area contributed by atoms with Crippen molar-refractivity contribution in [1.29, 1.82) is 0 Å². The third-order valence-electron chi connectivity index (χ3n) is 2.43. The van der Waals surface area contributed by atoms with E-state index in [2.05, 4.69) is 10.2 Å². The lowest BCUT2D eigenvalue weighted by molar-refractivity contribution is 0.0697. The van der Waals surface area contributed by atoms with Gasteiger partial charge in [-0.15, -0.1) is 0 Å². The molecule has 84 valence electrons. The average Bonchev–Trinajstić information content (AvgIpc) is 2.82. The zero-order chi connectivity index (χ0) is 11.7. The number of aromatic carboxylic acids is 1. The third-order valence-corrected chi connectivity index (χ3v) is 2.43. The van der Waals surface area contributed by atoms with Gasteiger partial charge in [-0.05, 0) is 13.0 Å². The van der Waals surface area contributed by atoms with Crippen molar-refractivity contribution in [2.24, 2.45) is 7.05 Å². The topological polar surface area (TPSA) is 72.9 Å². The molecule has 0 fully saturated rings. The summed E-state index contributed by atoms with van der Waals surface area (Å²) in [5.74, 6) is -0.980. The zero-order valence-corrected chi connectivity index (χ0v) is 9.08. The molecule has 2 heterocycles. The van der Waals surface area contributed by atoms with Crippen molar-refractivity contribution < 1.29 is 9.90 Å². The molecule has 0 aliphatic heterocycles. The molecule has 0 aliphatic rings. The Balaban J connectivity index is 2.63. The van der Waals surface area contributed by atoms with E-state index in [-0.39, 0.29) is 5.56 Å². The number of aromatic nitrogens is 4. The molecule has 0 radical (unpaired) electrons. The standard InChI is InChI=1S/C10H12N4O2/c1-3-14-8(4-5-11-14)9-7(10(15)16)6-12-13(9)2/h4-6H,3H2,1-2H3,(H,15,16). The summed E-state index contributed by atoms with van der Waals surface area (Å²) < 4.78 is 3.29. The van der Waals surface area contributed by atoms with E-state index in [1.165, 1.54) is 6.20 Å². The Morgan fingerprint density at radius 1 is 1.50 bits per heavy atom. The van der Waals surface area contributed by atoms with Crippen molar-refractivity contribution in [3.8, 4) is 11.4 Å². The van der Waals surface area contributed by atoms with Crippen LogP contribution < -0.4 is 0 Å². The highest BCUT2D eigenvalue weighted by Gasteiger charge is 2.19. The van der Waals surface area contributed by atoms with Crippen molar-refractivity contribution in [3.05, 3.63) is 24.0 Å². The Morgan fingerprint density at radius 3 is 2.88 bits per heavy atom. The molecule has 0 spiro atoms. The number of nitrogens with zero attached hydrogens (tertiary/aromatic N) is 4. The lowest BCUT2D eigenvalue weighted by atomic mass is 10.2. The first-order chi connectivity index (χ1) is 7.65. The Kier molecular flexibility index (Phi) is 2.47. The molecule has 0 aromatic carbocycles. The van der Waals surface area contributed by atoms with E-state index in [4.69, 9.17) is 5.11 Å². The molecule has 6 heteroatoms. The fourth-order valence-electron chi connectivity index (χ4n) is 1.68. The maximum absolute atomic E-state index is 11.0. The summed E-state index contributed by atoms with van der Waals surface area (Å²) in [5, 5.41) is 17.1. The fourth-order valence-corrected chi connectivity index (χ4v) is 1.68. The van der Waals surface area contributed by atoms with Crippen LogP contribution in [0.25, 0.3) is 11.4 Å². The molecule has 0 saturated heterocycles. The number of aryl methyl sites for hydroxylation is 2. The second-order valence-corrected chi connectivity index (χ2v) is 3.37. The van der Waals surface area contributed by atoms with Gasteiger partial charge < -0.3 is 5.11 Å². The molecule has 0 atom stereocenters. The second kappa shape index (κ2) is 3.80. The first-order valence-corrected chi connectivity index (χ1v) is 4.92. The average molecular weight is 220 g/mol. The van der Waals surface area contributed by atoms with E-state index in [0.717, 1.165) is 5.69 Å². The highest BCUT2D eigenvalue weighted by molar-refractivity contribution is 5.94. The Hall–Kier alpha value is -2.11. The molecule has 0 saturated carbocycles. The number of hydrogen-bond acceptors (Lipinski definition) is 3. The third kappa shape index (κ3) is 1.48. The van der Waals surface area contributed by atoms with Gasteiger partial charge in [-0.2, -0.15) is 10.2 Å². The molecular formula is C10H12N4O2. The van der Waals surface area contributed by atoms with Crippen LogP contribution >= 0.6 is 0 Å². The monoisotopic (exact) mass is 220 g/mol. The van der Waals surface area contributed by atoms with Gasteiger partial charge in [-0.25, -0.2) is 4.79 Å². The van der Waals surface area contributed by atoms with Gasteiger partial charge in [0.2, 0.25) is 0 Å². The van der Waals surface area contributed by atoms with Crippen LogP contribution in [0.15, 0.2) is 18.5 Å². The van der Waals surface area contributed by atoms with Crippen LogP contribution in [0.2, 0.25) is 0 Å². The minimum absolute atomic E-state index is 0.192. The minimum atomic E-state index is -0.980. The van der Waals surface area contributed by atoms with Gasteiger partial charge in [-0.1, -0.05) is 0 Å². The SMILES string of the molecule is CCn1nccc1-c1c(C(=O)O)cnn1C. The van der Waals surface area contributed by atoms with Crippen molar-refractivity contribution in [2.45, 2.75) is 13.5 Å². The Labute approximate surface area is 92.1 Å². The van der Waals surface area contributed by atoms with Gasteiger partial charge in [0.15, 0.2) is 0 Å². The highest BCUT2D eigenvalue weighted by Crippen LogP contribution is 2.22. The predicted molar refractivity (Wildman–Crippen MR) is 57.1 cm³/mol. The molecule has 1 N–H and O–H groups in total. The lowest BCUT2D eigenvalue weighted by Gasteiger charge is -2.06. The number of carboxylic acids is 1. The summed E-state index contributed by atoms with van der Waals surface area (Å²) in [7, 11) is 1.72. The summed E-state index contributed by atoms with van der Waals surface area (Å²) in [6.07, 6.45) is 3.00. The van der Waals surface area contributed by atoms with Crippen molar-refractivity contribution >= 4 is 5.97 Å². The largest absolute Gasteiger partial charge is 0.478 e. The molecule has 16 heavy (non-hydrogen) atoms. The Morgan fingerprint density at radius 2 is 2.25 bits per heavy atom. The molecular weight excluding hydrogens is 208 g/mol. The molecule has 2 rings (SSSR count). The number of carbonyl (C=O) groups is 1. The van der Waals surface area contributed by atoms with Crippen LogP contribution in [-0.2, 0) is 13.6 Å². The molecule has 0 amide bonds. The van der Waals surface area contributed by atoms with Gasteiger partial charge in [0.1, 0.15) is 11.3 Å². The van der Waals surface area contributed by atoms with E-state index in [1.807, 2.05) is 6.92 Å². The van der Waals surface area contributed by atoms with Gasteiger partial charge >= 0.3 is 5.97 Å². The van der Waals surface area contributed by atoms with E-state index < -0.39 is 5.97 Å². The summed E-state index contributed by atoms with van der Waals surface area (Å²) in [4.78, 5) is 11.0. The van der Waals surface area contributed by atoms with Crippen molar-refractivity contribution in [1.82, 2.24) is 19.6 Å². The summed E-state index contributed by atoms with van der Waals surface area (Å²) >= 11 is 0. The van der Waals surface area contributed by atoms with Gasteiger partial charge in [0.05, 0.1) is 11.9 Å². The van der Waals surface area contributed by atoms with E-state index >= 15 is 0 Å². The summed E-state index contributed by atoms with van der Waals surface area (Å²) in [5.41, 5.74) is 1.53. The van der Waals surface area contributed by atoms with Crippen LogP contribution in [0.4, 0.5) is 0 Å². The summed E-state index contributed by atoms with van der Waals surface area (Å²) in [6.45, 7) is 2.64. The van der Waals surface area contributed by atoms with Crippen LogP contribution in [0.3, 0.4) is 0 Å². The van der Waals surface area contributed by atoms with E-state index in [9.17, 15) is 4.79 Å². The van der Waals surface area contributed by atoms with Crippen LogP contribution in [0, 0.1) is 0 Å². The number of hydrogen-bond donors (Lipinski definition) is 1. The predicted octanol–water partition coefficient (Wildman–Crippen LogP) is 1.00. The van der Waals surface area contributed by atoms with Gasteiger partial charge in [0, 0.05) is 19.8 Å². The smallest absolute Gasteiger partial charge is 0.339 e. The van der Waals surface area contributed by atoms with Crippen molar-refractivity contribution in [2.75, 3.05) is 0 Å². The minimum Gasteiger partial charge on any atom is -0.478 e. The quantitative estimate of drug-likeness (QED) is 0.837. The second-order valence-electron chi connectivity index (χ2n) is 3.37. The first kappa shape index (κ1) is 10.4. The summed E-state index contributed by atoms with van der Waals surface area (Å²) in [6, 6.07) is 1.78. The molecule has 0 aliphatic carbocycles. The first-order valence-electron chi connectivity index (χ1n) is 4.92. The zero-order valence-electron chi connectivity index (χ0n) is 9.08. The molecule has 0 bridgehead atoms. The Bertz CT molecular complexity index is 527. The highest BCUT2D eigenvalue weighted by atomic mass is 16.4.